The molecule has 0 aliphatic heterocycles. The summed E-state index contributed by atoms with van der Waals surface area (Å²) in [5.41, 5.74) is 5.00. The quantitative estimate of drug-likeness (QED) is 0.804. The second kappa shape index (κ2) is 5.61. The highest BCUT2D eigenvalue weighted by Crippen LogP contribution is 2.25. The minimum atomic E-state index is -0.0343. The van der Waals surface area contributed by atoms with Crippen molar-refractivity contribution in [3.05, 3.63) is 40.2 Å². The number of thiophene rings is 1. The molecule has 3 aromatic heterocycles. The second-order valence-electron chi connectivity index (χ2n) is 5.40. The van der Waals surface area contributed by atoms with Crippen molar-refractivity contribution >= 4 is 27.5 Å². The van der Waals surface area contributed by atoms with Gasteiger partial charge in [0.15, 0.2) is 0 Å². The van der Waals surface area contributed by atoms with Gasteiger partial charge in [-0.2, -0.15) is 5.10 Å². The molecule has 0 bridgehead atoms. The first kappa shape index (κ1) is 14.8. The van der Waals surface area contributed by atoms with Crippen LogP contribution in [0.25, 0.3) is 10.2 Å². The lowest BCUT2D eigenvalue weighted by Gasteiger charge is -2.09. The number of nitrogens with one attached hydrogen (secondary N) is 1. The Labute approximate surface area is 133 Å². The monoisotopic (exact) mass is 316 g/mol. The van der Waals surface area contributed by atoms with E-state index < -0.39 is 0 Å². The molecule has 3 heterocycles. The van der Waals surface area contributed by atoms with Crippen LogP contribution < -0.4 is 5.32 Å². The number of aromatic nitrogens is 3. The second-order valence-corrected chi connectivity index (χ2v) is 6.35. The smallest absolute Gasteiger partial charge is 0.268 e. The van der Waals surface area contributed by atoms with Crippen LogP contribution in [-0.2, 0) is 20.1 Å². The van der Waals surface area contributed by atoms with E-state index in [1.54, 1.807) is 11.3 Å². The Morgan fingerprint density at radius 1 is 1.41 bits per heavy atom. The van der Waals surface area contributed by atoms with Gasteiger partial charge in [0.1, 0.15) is 5.69 Å². The summed E-state index contributed by atoms with van der Waals surface area (Å²) in [6.45, 7) is 7.34. The Balaban J connectivity index is 1.83. The number of carbonyl (C=O) groups excluding carboxylic acids is 1. The van der Waals surface area contributed by atoms with Crippen LogP contribution in [0.3, 0.4) is 0 Å². The van der Waals surface area contributed by atoms with E-state index in [1.165, 1.54) is 0 Å². The zero-order valence-electron chi connectivity index (χ0n) is 13.3. The molecule has 0 unspecified atom stereocenters. The molecule has 0 aromatic carbocycles. The first-order chi connectivity index (χ1) is 10.5. The van der Waals surface area contributed by atoms with E-state index >= 15 is 0 Å². The van der Waals surface area contributed by atoms with Gasteiger partial charge < -0.3 is 9.88 Å². The molecule has 0 radical (unpaired) electrons. The van der Waals surface area contributed by atoms with E-state index in [1.807, 2.05) is 31.6 Å². The molecule has 5 nitrogen and oxygen atoms in total. The summed E-state index contributed by atoms with van der Waals surface area (Å²) < 4.78 is 5.06. The van der Waals surface area contributed by atoms with Crippen LogP contribution in [0.1, 0.15) is 34.4 Å². The van der Waals surface area contributed by atoms with E-state index in [9.17, 15) is 4.79 Å². The highest BCUT2D eigenvalue weighted by Gasteiger charge is 2.16. The van der Waals surface area contributed by atoms with Crippen molar-refractivity contribution in [2.24, 2.45) is 7.05 Å². The third-order valence-corrected chi connectivity index (χ3v) is 5.01. The molecule has 3 aromatic rings. The standard InChI is InChI=1S/C16H20N4OS/c1-5-20-13-6-7-22-15(13)8-14(20)16(21)17-9-12-10(2)18-19(4)11(12)3/h6-8H,5,9H2,1-4H3,(H,17,21). The fourth-order valence-corrected chi connectivity index (χ4v) is 3.66. The summed E-state index contributed by atoms with van der Waals surface area (Å²) in [5, 5.41) is 9.47. The molecule has 0 atom stereocenters. The number of carbonyl (C=O) groups is 1. The summed E-state index contributed by atoms with van der Waals surface area (Å²) in [7, 11) is 1.92. The van der Waals surface area contributed by atoms with Crippen LogP contribution in [0, 0.1) is 13.8 Å². The number of aryl methyl sites for hydroxylation is 3. The predicted molar refractivity (Wildman–Crippen MR) is 89.3 cm³/mol. The topological polar surface area (TPSA) is 51.9 Å². The van der Waals surface area contributed by atoms with Crippen molar-refractivity contribution in [2.45, 2.75) is 33.9 Å². The summed E-state index contributed by atoms with van der Waals surface area (Å²) in [6, 6.07) is 4.04. The number of hydrogen-bond acceptors (Lipinski definition) is 3. The van der Waals surface area contributed by atoms with Gasteiger partial charge in [0.25, 0.3) is 5.91 Å². The molecule has 0 fully saturated rings. The molecule has 1 N–H and O–H groups in total. The van der Waals surface area contributed by atoms with E-state index in [0.29, 0.717) is 6.54 Å². The summed E-state index contributed by atoms with van der Waals surface area (Å²) in [5.74, 6) is -0.0343. The Bertz CT molecular complexity index is 840. The molecule has 116 valence electrons. The number of rotatable bonds is 4. The van der Waals surface area contributed by atoms with Gasteiger partial charge in [-0.3, -0.25) is 9.48 Å². The molecule has 3 rings (SSSR count). The Morgan fingerprint density at radius 2 is 2.18 bits per heavy atom. The zero-order chi connectivity index (χ0) is 15.9. The molecule has 0 aliphatic rings. The van der Waals surface area contributed by atoms with Crippen molar-refractivity contribution in [3.8, 4) is 0 Å². The number of hydrogen-bond donors (Lipinski definition) is 1. The van der Waals surface area contributed by atoms with Gasteiger partial charge in [0, 0.05) is 31.4 Å². The molecule has 0 spiro atoms. The minimum Gasteiger partial charge on any atom is -0.347 e. The SMILES string of the molecule is CCn1c(C(=O)NCc2c(C)nn(C)c2C)cc2sccc21. The minimum absolute atomic E-state index is 0.0343. The zero-order valence-corrected chi connectivity index (χ0v) is 14.1. The normalized spacial score (nSPS) is 11.3. The third-order valence-electron chi connectivity index (χ3n) is 4.16. The van der Waals surface area contributed by atoms with Gasteiger partial charge in [-0.15, -0.1) is 11.3 Å². The Morgan fingerprint density at radius 3 is 2.82 bits per heavy atom. The van der Waals surface area contributed by atoms with Crippen LogP contribution in [0.2, 0.25) is 0 Å². The van der Waals surface area contributed by atoms with E-state index in [0.717, 1.165) is 39.4 Å². The highest BCUT2D eigenvalue weighted by atomic mass is 32.1. The number of amides is 1. The molecule has 6 heteroatoms. The van der Waals surface area contributed by atoms with E-state index in [2.05, 4.69) is 33.4 Å². The van der Waals surface area contributed by atoms with Gasteiger partial charge >= 0.3 is 0 Å². The maximum absolute atomic E-state index is 12.5. The van der Waals surface area contributed by atoms with Gasteiger partial charge in [-0.25, -0.2) is 0 Å². The predicted octanol–water partition coefficient (Wildman–Crippen LogP) is 3.00. The summed E-state index contributed by atoms with van der Waals surface area (Å²) in [6.07, 6.45) is 0. The fraction of sp³-hybridized carbons (Fsp3) is 0.375. The largest absolute Gasteiger partial charge is 0.347 e. The van der Waals surface area contributed by atoms with Crippen molar-refractivity contribution in [1.82, 2.24) is 19.7 Å². The van der Waals surface area contributed by atoms with Gasteiger partial charge in [-0.1, -0.05) is 0 Å². The number of nitrogens with zero attached hydrogens (tertiary/aromatic N) is 3. The van der Waals surface area contributed by atoms with Gasteiger partial charge in [0.2, 0.25) is 0 Å². The average Bonchev–Trinajstić information content (AvgIpc) is 3.12. The lowest BCUT2D eigenvalue weighted by atomic mass is 10.2. The molecule has 22 heavy (non-hydrogen) atoms. The van der Waals surface area contributed by atoms with Crippen LogP contribution in [0.15, 0.2) is 17.5 Å². The summed E-state index contributed by atoms with van der Waals surface area (Å²) in [4.78, 5) is 12.5. The maximum Gasteiger partial charge on any atom is 0.268 e. The van der Waals surface area contributed by atoms with Gasteiger partial charge in [0.05, 0.1) is 15.9 Å². The maximum atomic E-state index is 12.5. The molecule has 1 amide bonds. The summed E-state index contributed by atoms with van der Waals surface area (Å²) >= 11 is 1.66. The Kier molecular flexibility index (Phi) is 3.78. The lowest BCUT2D eigenvalue weighted by molar-refractivity contribution is 0.0942. The van der Waals surface area contributed by atoms with Crippen LogP contribution in [0.4, 0.5) is 0 Å². The molecule has 0 saturated carbocycles. The highest BCUT2D eigenvalue weighted by molar-refractivity contribution is 7.17. The molecule has 0 saturated heterocycles. The first-order valence-electron chi connectivity index (χ1n) is 7.37. The first-order valence-corrected chi connectivity index (χ1v) is 8.25. The van der Waals surface area contributed by atoms with Crippen molar-refractivity contribution in [2.75, 3.05) is 0 Å². The van der Waals surface area contributed by atoms with Gasteiger partial charge in [-0.05, 0) is 38.3 Å². The van der Waals surface area contributed by atoms with E-state index in [-0.39, 0.29) is 5.91 Å². The van der Waals surface area contributed by atoms with Crippen LogP contribution >= 0.6 is 11.3 Å². The third kappa shape index (κ3) is 2.33. The molecule has 0 aliphatic carbocycles. The average molecular weight is 316 g/mol. The molecular weight excluding hydrogens is 296 g/mol. The van der Waals surface area contributed by atoms with E-state index in [4.69, 9.17) is 0 Å². The van der Waals surface area contributed by atoms with Crippen LogP contribution in [-0.4, -0.2) is 20.3 Å². The molecular formula is C16H20N4OS. The lowest BCUT2D eigenvalue weighted by Crippen LogP contribution is -2.25. The van der Waals surface area contributed by atoms with Crippen molar-refractivity contribution in [1.29, 1.82) is 0 Å². The van der Waals surface area contributed by atoms with Crippen molar-refractivity contribution in [3.63, 3.8) is 0 Å². The Hall–Kier alpha value is -2.08. The fourth-order valence-electron chi connectivity index (χ4n) is 2.84. The van der Waals surface area contributed by atoms with Crippen molar-refractivity contribution < 1.29 is 4.79 Å². The van der Waals surface area contributed by atoms with Crippen LogP contribution in [0.5, 0.6) is 0 Å². The number of fused-ring (bicyclic) bond motifs is 1.